The minimum absolute atomic E-state index is 0.206. The van der Waals surface area contributed by atoms with Gasteiger partial charge in [0.1, 0.15) is 5.82 Å². The third kappa shape index (κ3) is 2.65. The van der Waals surface area contributed by atoms with Crippen LogP contribution in [0, 0.1) is 12.7 Å². The molecular weight excluding hydrogens is 245 g/mol. The number of carbonyl (C=O) groups is 1. The Labute approximate surface area is 104 Å². The molecule has 1 atom stereocenters. The predicted molar refractivity (Wildman–Crippen MR) is 63.1 cm³/mol. The first-order valence-electron chi connectivity index (χ1n) is 5.40. The lowest BCUT2D eigenvalue weighted by Gasteiger charge is -2.23. The highest BCUT2D eigenvalue weighted by Gasteiger charge is 2.24. The van der Waals surface area contributed by atoms with Gasteiger partial charge < -0.3 is 10.1 Å². The average molecular weight is 258 g/mol. The molecule has 1 aliphatic heterocycles. The highest BCUT2D eigenvalue weighted by Crippen LogP contribution is 2.22. The van der Waals surface area contributed by atoms with Crippen molar-refractivity contribution in [1.29, 1.82) is 0 Å². The molecule has 0 saturated carbocycles. The number of Topliss-reactive ketones (excluding diaryl/α,β-unsaturated/α-hetero) is 1. The molecule has 0 bridgehead atoms. The van der Waals surface area contributed by atoms with Gasteiger partial charge in [0.2, 0.25) is 0 Å². The fourth-order valence-electron chi connectivity index (χ4n) is 1.76. The number of nitrogens with one attached hydrogen (secondary N) is 1. The van der Waals surface area contributed by atoms with Crippen LogP contribution < -0.4 is 5.32 Å². The number of benzene rings is 1. The molecule has 1 N–H and O–H groups in total. The van der Waals surface area contributed by atoms with Crippen LogP contribution >= 0.6 is 11.6 Å². The zero-order valence-corrected chi connectivity index (χ0v) is 10.2. The van der Waals surface area contributed by atoms with Crippen molar-refractivity contribution >= 4 is 17.4 Å². The topological polar surface area (TPSA) is 38.3 Å². The number of carbonyl (C=O) groups excluding carboxylic acids is 1. The minimum atomic E-state index is -0.441. The number of morpholine rings is 1. The predicted octanol–water partition coefficient (Wildman–Crippen LogP) is 1.96. The van der Waals surface area contributed by atoms with Gasteiger partial charge in [-0.1, -0.05) is 11.6 Å². The van der Waals surface area contributed by atoms with E-state index in [9.17, 15) is 9.18 Å². The molecule has 92 valence electrons. The Kier molecular flexibility index (Phi) is 3.76. The number of hydrogen-bond acceptors (Lipinski definition) is 3. The van der Waals surface area contributed by atoms with E-state index in [0.29, 0.717) is 25.3 Å². The standard InChI is InChI=1S/C12H13ClFNO2/c1-7-4-9(13)8(5-10(7)14)12(16)11-6-17-3-2-15-11/h4-5,11,15H,2-3,6H2,1H3. The van der Waals surface area contributed by atoms with Gasteiger partial charge in [0.15, 0.2) is 5.78 Å². The van der Waals surface area contributed by atoms with E-state index in [-0.39, 0.29) is 16.4 Å². The van der Waals surface area contributed by atoms with Crippen molar-refractivity contribution < 1.29 is 13.9 Å². The molecule has 0 aliphatic carbocycles. The smallest absolute Gasteiger partial charge is 0.183 e. The Hall–Kier alpha value is -0.970. The van der Waals surface area contributed by atoms with Gasteiger partial charge in [-0.15, -0.1) is 0 Å². The maximum atomic E-state index is 13.4. The Morgan fingerprint density at radius 2 is 2.35 bits per heavy atom. The molecule has 1 fully saturated rings. The summed E-state index contributed by atoms with van der Waals surface area (Å²) in [5, 5.41) is 3.30. The summed E-state index contributed by atoms with van der Waals surface area (Å²) in [4.78, 5) is 12.1. The summed E-state index contributed by atoms with van der Waals surface area (Å²) in [5.41, 5.74) is 0.636. The van der Waals surface area contributed by atoms with E-state index in [1.165, 1.54) is 12.1 Å². The molecule has 3 nitrogen and oxygen atoms in total. The van der Waals surface area contributed by atoms with E-state index >= 15 is 0 Å². The van der Waals surface area contributed by atoms with E-state index in [0.717, 1.165) is 0 Å². The van der Waals surface area contributed by atoms with Crippen molar-refractivity contribution in [2.45, 2.75) is 13.0 Å². The molecule has 1 aromatic rings. The third-order valence-electron chi connectivity index (χ3n) is 2.75. The first kappa shape index (κ1) is 12.5. The van der Waals surface area contributed by atoms with Crippen molar-refractivity contribution in [1.82, 2.24) is 5.32 Å². The van der Waals surface area contributed by atoms with Gasteiger partial charge in [0.25, 0.3) is 0 Å². The van der Waals surface area contributed by atoms with Crippen LogP contribution in [-0.4, -0.2) is 31.6 Å². The summed E-state index contributed by atoms with van der Waals surface area (Å²) in [7, 11) is 0. The van der Waals surface area contributed by atoms with Gasteiger partial charge in [-0.2, -0.15) is 0 Å². The van der Waals surface area contributed by atoms with Crippen LogP contribution in [0.2, 0.25) is 5.02 Å². The zero-order chi connectivity index (χ0) is 12.4. The molecule has 5 heteroatoms. The van der Waals surface area contributed by atoms with Gasteiger partial charge in [-0.25, -0.2) is 4.39 Å². The first-order chi connectivity index (χ1) is 8.09. The van der Waals surface area contributed by atoms with E-state index < -0.39 is 11.9 Å². The molecule has 2 rings (SSSR count). The molecule has 1 saturated heterocycles. The van der Waals surface area contributed by atoms with Gasteiger partial charge in [-0.3, -0.25) is 4.79 Å². The van der Waals surface area contributed by atoms with Crippen LogP contribution in [0.5, 0.6) is 0 Å². The summed E-state index contributed by atoms with van der Waals surface area (Å²) >= 11 is 5.96. The Morgan fingerprint density at radius 1 is 1.59 bits per heavy atom. The lowest BCUT2D eigenvalue weighted by molar-refractivity contribution is 0.0607. The number of halogens is 2. The Bertz CT molecular complexity index is 444. The maximum Gasteiger partial charge on any atom is 0.183 e. The van der Waals surface area contributed by atoms with Gasteiger partial charge in [0, 0.05) is 12.1 Å². The summed E-state index contributed by atoms with van der Waals surface area (Å²) in [5.74, 6) is -0.650. The molecule has 0 radical (unpaired) electrons. The summed E-state index contributed by atoms with van der Waals surface area (Å²) < 4.78 is 18.6. The number of ether oxygens (including phenoxy) is 1. The van der Waals surface area contributed by atoms with E-state index in [2.05, 4.69) is 5.32 Å². The maximum absolute atomic E-state index is 13.4. The van der Waals surface area contributed by atoms with E-state index in [1.807, 2.05) is 0 Å². The van der Waals surface area contributed by atoms with E-state index in [4.69, 9.17) is 16.3 Å². The van der Waals surface area contributed by atoms with Gasteiger partial charge in [0.05, 0.1) is 24.3 Å². The number of ketones is 1. The van der Waals surface area contributed by atoms with Gasteiger partial charge in [-0.05, 0) is 24.6 Å². The van der Waals surface area contributed by atoms with Crippen molar-refractivity contribution in [3.63, 3.8) is 0 Å². The zero-order valence-electron chi connectivity index (χ0n) is 9.43. The van der Waals surface area contributed by atoms with Crippen molar-refractivity contribution in [3.05, 3.63) is 34.1 Å². The fraction of sp³-hybridized carbons (Fsp3) is 0.417. The first-order valence-corrected chi connectivity index (χ1v) is 5.78. The quantitative estimate of drug-likeness (QED) is 0.823. The summed E-state index contributed by atoms with van der Waals surface area (Å²) in [6.45, 7) is 3.10. The SMILES string of the molecule is Cc1cc(Cl)c(C(=O)C2COCCN2)cc1F. The molecule has 17 heavy (non-hydrogen) atoms. The van der Waals surface area contributed by atoms with Crippen LogP contribution in [0.15, 0.2) is 12.1 Å². The second-order valence-electron chi connectivity index (χ2n) is 4.03. The molecule has 0 amide bonds. The van der Waals surface area contributed by atoms with E-state index in [1.54, 1.807) is 6.92 Å². The summed E-state index contributed by atoms with van der Waals surface area (Å²) in [6, 6.07) is 2.22. The van der Waals surface area contributed by atoms with Crippen molar-refractivity contribution in [2.75, 3.05) is 19.8 Å². The second kappa shape index (κ2) is 5.12. The number of hydrogen-bond donors (Lipinski definition) is 1. The highest BCUT2D eigenvalue weighted by molar-refractivity contribution is 6.34. The fourth-order valence-corrected chi connectivity index (χ4v) is 2.07. The Balaban J connectivity index is 2.26. The van der Waals surface area contributed by atoms with Crippen LogP contribution in [0.25, 0.3) is 0 Å². The van der Waals surface area contributed by atoms with Crippen LogP contribution in [0.3, 0.4) is 0 Å². The third-order valence-corrected chi connectivity index (χ3v) is 3.06. The van der Waals surface area contributed by atoms with Gasteiger partial charge >= 0.3 is 0 Å². The average Bonchev–Trinajstić information content (AvgIpc) is 2.34. The molecule has 1 aliphatic rings. The van der Waals surface area contributed by atoms with Crippen LogP contribution in [0.4, 0.5) is 4.39 Å². The van der Waals surface area contributed by atoms with Crippen LogP contribution in [-0.2, 0) is 4.74 Å². The monoisotopic (exact) mass is 257 g/mol. The minimum Gasteiger partial charge on any atom is -0.378 e. The largest absolute Gasteiger partial charge is 0.378 e. The molecular formula is C12H13ClFNO2. The summed E-state index contributed by atoms with van der Waals surface area (Å²) in [6.07, 6.45) is 0. The molecule has 0 aromatic heterocycles. The number of aryl methyl sites for hydroxylation is 1. The van der Waals surface area contributed by atoms with Crippen LogP contribution in [0.1, 0.15) is 15.9 Å². The number of rotatable bonds is 2. The lowest BCUT2D eigenvalue weighted by atomic mass is 10.0. The molecule has 1 aromatic carbocycles. The molecule has 1 heterocycles. The Morgan fingerprint density at radius 3 is 3.00 bits per heavy atom. The van der Waals surface area contributed by atoms with Crippen molar-refractivity contribution in [2.24, 2.45) is 0 Å². The second-order valence-corrected chi connectivity index (χ2v) is 4.43. The molecule has 1 unspecified atom stereocenters. The lowest BCUT2D eigenvalue weighted by Crippen LogP contribution is -2.46. The van der Waals surface area contributed by atoms with Crippen molar-refractivity contribution in [3.8, 4) is 0 Å². The molecule has 0 spiro atoms. The highest BCUT2D eigenvalue weighted by atomic mass is 35.5. The normalized spacial score (nSPS) is 20.3.